The number of rotatable bonds is 2. The Morgan fingerprint density at radius 2 is 1.72 bits per heavy atom. The first-order chi connectivity index (χ1) is 14.0. The fourth-order valence-electron chi connectivity index (χ4n) is 3.78. The highest BCUT2D eigenvalue weighted by Crippen LogP contribution is 2.40. The molecule has 6 heteroatoms. The fourth-order valence-corrected chi connectivity index (χ4v) is 3.91. The number of para-hydroxylation sites is 1. The molecule has 0 bridgehead atoms. The number of halogens is 1. The van der Waals surface area contributed by atoms with Crippen LogP contribution in [-0.2, 0) is 0 Å². The molecule has 2 aromatic carbocycles. The molecule has 0 spiro atoms. The van der Waals surface area contributed by atoms with E-state index in [2.05, 4.69) is 4.98 Å². The highest BCUT2D eigenvalue weighted by Gasteiger charge is 2.44. The molecule has 1 atom stereocenters. The Morgan fingerprint density at radius 3 is 2.48 bits per heavy atom. The summed E-state index contributed by atoms with van der Waals surface area (Å²) in [5.41, 5.74) is 2.01. The first-order valence-electron chi connectivity index (χ1n) is 9.13. The van der Waals surface area contributed by atoms with Crippen molar-refractivity contribution in [1.29, 1.82) is 0 Å². The standard InChI is InChI=1S/C23H15ClN2O3/c1-13-5-4-8-18(25-13)26-20(14-9-11-15(24)12-10-14)19-21(27)16-6-2-3-7-17(16)29-22(19)23(26)28/h2-12,20H,1H3/t20-/m1/s1. The molecule has 142 valence electrons. The third-order valence-electron chi connectivity index (χ3n) is 5.08. The number of nitrogens with zero attached hydrogens (tertiary/aromatic N) is 2. The summed E-state index contributed by atoms with van der Waals surface area (Å²) >= 11 is 6.06. The van der Waals surface area contributed by atoms with Crippen molar-refractivity contribution in [2.45, 2.75) is 13.0 Å². The summed E-state index contributed by atoms with van der Waals surface area (Å²) in [6.45, 7) is 1.85. The van der Waals surface area contributed by atoms with E-state index in [4.69, 9.17) is 16.0 Å². The molecular formula is C23H15ClN2O3. The first kappa shape index (κ1) is 17.6. The predicted molar refractivity (Wildman–Crippen MR) is 112 cm³/mol. The second-order valence-electron chi connectivity index (χ2n) is 6.94. The Bertz CT molecular complexity index is 1330. The summed E-state index contributed by atoms with van der Waals surface area (Å²) < 4.78 is 5.91. The molecule has 0 N–H and O–H groups in total. The topological polar surface area (TPSA) is 63.4 Å². The van der Waals surface area contributed by atoms with Crippen LogP contribution in [0, 0.1) is 6.92 Å². The van der Waals surface area contributed by atoms with E-state index in [1.807, 2.05) is 31.2 Å². The Kier molecular flexibility index (Phi) is 4.00. The molecule has 4 aromatic rings. The summed E-state index contributed by atoms with van der Waals surface area (Å²) in [6, 6.07) is 18.8. The number of anilines is 1. The highest BCUT2D eigenvalue weighted by atomic mass is 35.5. The number of amides is 1. The third-order valence-corrected chi connectivity index (χ3v) is 5.34. The zero-order valence-electron chi connectivity index (χ0n) is 15.4. The number of hydrogen-bond acceptors (Lipinski definition) is 4. The lowest BCUT2D eigenvalue weighted by Crippen LogP contribution is -2.30. The predicted octanol–water partition coefficient (Wildman–Crippen LogP) is 4.90. The van der Waals surface area contributed by atoms with Crippen molar-refractivity contribution in [3.05, 3.63) is 105 Å². The van der Waals surface area contributed by atoms with Crippen LogP contribution in [0.4, 0.5) is 5.82 Å². The number of carbonyl (C=O) groups is 1. The monoisotopic (exact) mass is 402 g/mol. The Hall–Kier alpha value is -3.44. The molecule has 1 amide bonds. The Labute approximate surface area is 171 Å². The molecule has 0 saturated heterocycles. The van der Waals surface area contributed by atoms with E-state index in [-0.39, 0.29) is 17.1 Å². The van der Waals surface area contributed by atoms with E-state index in [0.29, 0.717) is 27.4 Å². The maximum Gasteiger partial charge on any atom is 0.296 e. The molecule has 0 saturated carbocycles. The molecule has 0 fully saturated rings. The van der Waals surface area contributed by atoms with Crippen LogP contribution >= 0.6 is 11.6 Å². The van der Waals surface area contributed by atoms with Gasteiger partial charge in [0.2, 0.25) is 5.76 Å². The van der Waals surface area contributed by atoms with Crippen LogP contribution in [0.3, 0.4) is 0 Å². The van der Waals surface area contributed by atoms with Gasteiger partial charge < -0.3 is 4.42 Å². The lowest BCUT2D eigenvalue weighted by Gasteiger charge is -2.24. The number of hydrogen-bond donors (Lipinski definition) is 0. The van der Waals surface area contributed by atoms with Crippen LogP contribution in [-0.4, -0.2) is 10.9 Å². The molecule has 5 rings (SSSR count). The lowest BCUT2D eigenvalue weighted by atomic mass is 9.98. The van der Waals surface area contributed by atoms with E-state index >= 15 is 0 Å². The molecule has 5 nitrogen and oxygen atoms in total. The van der Waals surface area contributed by atoms with Gasteiger partial charge in [-0.25, -0.2) is 4.98 Å². The summed E-state index contributed by atoms with van der Waals surface area (Å²) in [6.07, 6.45) is 0. The van der Waals surface area contributed by atoms with Gasteiger partial charge in [-0.1, -0.05) is 41.9 Å². The Balaban J connectivity index is 1.82. The van der Waals surface area contributed by atoms with Gasteiger partial charge in [-0.2, -0.15) is 0 Å². The maximum absolute atomic E-state index is 13.4. The molecule has 2 aromatic heterocycles. The van der Waals surface area contributed by atoms with E-state index in [1.165, 1.54) is 4.90 Å². The van der Waals surface area contributed by atoms with Gasteiger partial charge in [-0.05, 0) is 48.9 Å². The maximum atomic E-state index is 13.4. The highest BCUT2D eigenvalue weighted by molar-refractivity contribution is 6.30. The number of aromatic nitrogens is 1. The van der Waals surface area contributed by atoms with Crippen LogP contribution in [0.5, 0.6) is 0 Å². The van der Waals surface area contributed by atoms with Gasteiger partial charge in [0, 0.05) is 10.7 Å². The molecular weight excluding hydrogens is 388 g/mol. The minimum Gasteiger partial charge on any atom is -0.450 e. The van der Waals surface area contributed by atoms with Gasteiger partial charge >= 0.3 is 0 Å². The molecule has 29 heavy (non-hydrogen) atoms. The van der Waals surface area contributed by atoms with Gasteiger partial charge in [0.15, 0.2) is 5.43 Å². The largest absolute Gasteiger partial charge is 0.450 e. The van der Waals surface area contributed by atoms with E-state index in [1.54, 1.807) is 42.5 Å². The SMILES string of the molecule is Cc1cccc(N2C(=O)c3oc4ccccc4c(=O)c3[C@H]2c2ccc(Cl)cc2)n1. The van der Waals surface area contributed by atoms with Gasteiger partial charge in [-0.15, -0.1) is 0 Å². The summed E-state index contributed by atoms with van der Waals surface area (Å²) in [5, 5.41) is 1.01. The zero-order chi connectivity index (χ0) is 20.1. The van der Waals surface area contributed by atoms with Crippen molar-refractivity contribution in [3.63, 3.8) is 0 Å². The normalized spacial score (nSPS) is 15.7. The number of carbonyl (C=O) groups excluding carboxylic acids is 1. The number of pyridine rings is 1. The molecule has 0 unspecified atom stereocenters. The molecule has 1 aliphatic heterocycles. The molecule has 3 heterocycles. The van der Waals surface area contributed by atoms with Crippen molar-refractivity contribution >= 4 is 34.3 Å². The minimum atomic E-state index is -0.648. The third kappa shape index (κ3) is 2.74. The van der Waals surface area contributed by atoms with E-state index in [9.17, 15) is 9.59 Å². The van der Waals surface area contributed by atoms with Crippen LogP contribution in [0.1, 0.15) is 33.4 Å². The average Bonchev–Trinajstić information content (AvgIpc) is 3.02. The summed E-state index contributed by atoms with van der Waals surface area (Å²) in [5.74, 6) is 0.127. The second-order valence-corrected chi connectivity index (χ2v) is 7.37. The van der Waals surface area contributed by atoms with Crippen LogP contribution in [0.15, 0.2) is 75.9 Å². The van der Waals surface area contributed by atoms with E-state index in [0.717, 1.165) is 11.3 Å². The van der Waals surface area contributed by atoms with Crippen LogP contribution in [0.2, 0.25) is 5.02 Å². The van der Waals surface area contributed by atoms with Crippen LogP contribution < -0.4 is 10.3 Å². The second kappa shape index (κ2) is 6.57. The van der Waals surface area contributed by atoms with Crippen LogP contribution in [0.25, 0.3) is 11.0 Å². The van der Waals surface area contributed by atoms with Crippen molar-refractivity contribution in [1.82, 2.24) is 4.98 Å². The average molecular weight is 403 g/mol. The molecule has 1 aliphatic rings. The van der Waals surface area contributed by atoms with Crippen molar-refractivity contribution in [2.24, 2.45) is 0 Å². The van der Waals surface area contributed by atoms with E-state index < -0.39 is 6.04 Å². The first-order valence-corrected chi connectivity index (χ1v) is 9.51. The minimum absolute atomic E-state index is 0.0527. The van der Waals surface area contributed by atoms with Gasteiger partial charge in [0.25, 0.3) is 5.91 Å². The summed E-state index contributed by atoms with van der Waals surface area (Å²) in [4.78, 5) is 32.8. The molecule has 0 aliphatic carbocycles. The lowest BCUT2D eigenvalue weighted by molar-refractivity contribution is 0.0970. The molecule has 0 radical (unpaired) electrons. The van der Waals surface area contributed by atoms with Gasteiger partial charge in [0.05, 0.1) is 17.0 Å². The fraction of sp³-hybridized carbons (Fsp3) is 0.0870. The van der Waals surface area contributed by atoms with Crippen molar-refractivity contribution in [3.8, 4) is 0 Å². The summed E-state index contributed by atoms with van der Waals surface area (Å²) in [7, 11) is 0. The Morgan fingerprint density at radius 1 is 0.966 bits per heavy atom. The zero-order valence-corrected chi connectivity index (χ0v) is 16.2. The quantitative estimate of drug-likeness (QED) is 0.478. The smallest absolute Gasteiger partial charge is 0.296 e. The number of aryl methyl sites for hydroxylation is 1. The van der Waals surface area contributed by atoms with Gasteiger partial charge in [-0.3, -0.25) is 14.5 Å². The van der Waals surface area contributed by atoms with Crippen molar-refractivity contribution < 1.29 is 9.21 Å². The van der Waals surface area contributed by atoms with Crippen molar-refractivity contribution in [2.75, 3.05) is 4.90 Å². The number of fused-ring (bicyclic) bond motifs is 2. The number of benzene rings is 2. The van der Waals surface area contributed by atoms with Gasteiger partial charge in [0.1, 0.15) is 11.4 Å².